The lowest BCUT2D eigenvalue weighted by Gasteiger charge is -2.07. The molecule has 0 bridgehead atoms. The number of hydroxylamine groups is 1. The fourth-order valence-corrected chi connectivity index (χ4v) is 1.45. The number of amides is 1. The van der Waals surface area contributed by atoms with Gasteiger partial charge in [0.15, 0.2) is 0 Å². The molecule has 0 saturated heterocycles. The molecule has 1 N–H and O–H groups in total. The van der Waals surface area contributed by atoms with Crippen molar-refractivity contribution < 1.29 is 19.2 Å². The predicted molar refractivity (Wildman–Crippen MR) is 75.1 cm³/mol. The minimum Gasteiger partial charge on any atom is -0.494 e. The van der Waals surface area contributed by atoms with Crippen LogP contribution in [0.5, 0.6) is 5.75 Å². The largest absolute Gasteiger partial charge is 0.494 e. The molecular formula is C15H21NO4. The van der Waals surface area contributed by atoms with Crippen molar-refractivity contribution in [3.63, 3.8) is 0 Å². The summed E-state index contributed by atoms with van der Waals surface area (Å²) in [5, 5.41) is 0. The lowest BCUT2D eigenvalue weighted by Crippen LogP contribution is -2.28. The second-order valence-electron chi connectivity index (χ2n) is 4.38. The van der Waals surface area contributed by atoms with E-state index in [1.54, 1.807) is 6.92 Å². The molecule has 0 aliphatic carbocycles. The predicted octanol–water partition coefficient (Wildman–Crippen LogP) is 2.39. The Labute approximate surface area is 119 Å². The molecule has 0 spiro atoms. The van der Waals surface area contributed by atoms with Gasteiger partial charge in [0.25, 0.3) is 5.91 Å². The van der Waals surface area contributed by atoms with Crippen molar-refractivity contribution in [3.8, 4) is 5.75 Å². The Kier molecular flexibility index (Phi) is 7.17. The van der Waals surface area contributed by atoms with Crippen molar-refractivity contribution in [2.45, 2.75) is 39.5 Å². The van der Waals surface area contributed by atoms with E-state index in [-0.39, 0.29) is 18.7 Å². The van der Waals surface area contributed by atoms with Crippen molar-refractivity contribution in [2.24, 2.45) is 0 Å². The second-order valence-corrected chi connectivity index (χ2v) is 4.38. The van der Waals surface area contributed by atoms with E-state index in [4.69, 9.17) is 4.74 Å². The number of ether oxygens (including phenoxy) is 1. The van der Waals surface area contributed by atoms with Gasteiger partial charge >= 0.3 is 5.97 Å². The number of carbonyl (C=O) groups excluding carboxylic acids is 2. The molecule has 1 rings (SSSR count). The molecule has 0 fully saturated rings. The van der Waals surface area contributed by atoms with Crippen LogP contribution >= 0.6 is 0 Å². The van der Waals surface area contributed by atoms with E-state index in [1.807, 2.05) is 24.3 Å². The van der Waals surface area contributed by atoms with Gasteiger partial charge in [-0.15, -0.1) is 0 Å². The zero-order chi connectivity index (χ0) is 14.8. The van der Waals surface area contributed by atoms with Gasteiger partial charge in [-0.2, -0.15) is 5.48 Å². The van der Waals surface area contributed by atoms with Crippen LogP contribution < -0.4 is 10.2 Å². The number of hydrogen-bond acceptors (Lipinski definition) is 4. The molecule has 1 aromatic carbocycles. The Morgan fingerprint density at radius 1 is 1.15 bits per heavy atom. The van der Waals surface area contributed by atoms with E-state index < -0.39 is 5.97 Å². The maximum atomic E-state index is 11.5. The molecular weight excluding hydrogens is 258 g/mol. The summed E-state index contributed by atoms with van der Waals surface area (Å²) < 4.78 is 5.53. The van der Waals surface area contributed by atoms with Gasteiger partial charge in [-0.05, 0) is 24.1 Å². The smallest absolute Gasteiger partial charge is 0.331 e. The number of benzene rings is 1. The molecule has 0 heterocycles. The van der Waals surface area contributed by atoms with Crippen molar-refractivity contribution in [1.82, 2.24) is 5.48 Å². The molecule has 0 atom stereocenters. The highest BCUT2D eigenvalue weighted by molar-refractivity contribution is 5.79. The maximum absolute atomic E-state index is 11.5. The van der Waals surface area contributed by atoms with E-state index in [0.29, 0.717) is 6.61 Å². The Bertz CT molecular complexity index is 428. The third kappa shape index (κ3) is 6.22. The van der Waals surface area contributed by atoms with Crippen LogP contribution in [0.4, 0.5) is 0 Å². The van der Waals surface area contributed by atoms with Crippen LogP contribution in [0.15, 0.2) is 24.3 Å². The molecule has 0 radical (unpaired) electrons. The Morgan fingerprint density at radius 3 is 2.45 bits per heavy atom. The zero-order valence-electron chi connectivity index (χ0n) is 12.0. The first-order chi connectivity index (χ1) is 9.65. The Morgan fingerprint density at radius 2 is 1.85 bits per heavy atom. The van der Waals surface area contributed by atoms with Crippen LogP contribution in [0.2, 0.25) is 0 Å². The fraction of sp³-hybridized carbons (Fsp3) is 0.467. The summed E-state index contributed by atoms with van der Waals surface area (Å²) in [5.41, 5.74) is 2.95. The van der Waals surface area contributed by atoms with E-state index in [2.05, 4.69) is 17.2 Å². The van der Waals surface area contributed by atoms with Crippen LogP contribution in [0.3, 0.4) is 0 Å². The van der Waals surface area contributed by atoms with Crippen molar-refractivity contribution >= 4 is 11.9 Å². The number of rotatable bonds is 7. The highest BCUT2D eigenvalue weighted by Gasteiger charge is 2.06. The molecule has 110 valence electrons. The highest BCUT2D eigenvalue weighted by Crippen LogP contribution is 2.13. The lowest BCUT2D eigenvalue weighted by molar-refractivity contribution is -0.157. The summed E-state index contributed by atoms with van der Waals surface area (Å²) in [7, 11) is 0. The maximum Gasteiger partial charge on any atom is 0.331 e. The van der Waals surface area contributed by atoms with Crippen molar-refractivity contribution in [1.29, 1.82) is 0 Å². The van der Waals surface area contributed by atoms with Gasteiger partial charge in [0.2, 0.25) is 0 Å². The van der Waals surface area contributed by atoms with E-state index in [0.717, 1.165) is 24.2 Å². The summed E-state index contributed by atoms with van der Waals surface area (Å²) in [5.74, 6) is -0.0236. The molecule has 0 aliphatic heterocycles. The van der Waals surface area contributed by atoms with Crippen LogP contribution in [0.25, 0.3) is 0 Å². The monoisotopic (exact) mass is 279 g/mol. The standard InChI is InChI=1S/C15H21NO4/c1-3-5-10-19-13-8-6-12(7-9-13)11-14(17)16-20-15(18)4-2/h6-9H,3-5,10-11H2,1-2H3,(H,16,17). The first-order valence-electron chi connectivity index (χ1n) is 6.86. The molecule has 0 unspecified atom stereocenters. The second kappa shape index (κ2) is 8.96. The fourth-order valence-electron chi connectivity index (χ4n) is 1.45. The average Bonchev–Trinajstić information content (AvgIpc) is 2.47. The van der Waals surface area contributed by atoms with Crippen LogP contribution in [0.1, 0.15) is 38.7 Å². The van der Waals surface area contributed by atoms with Crippen molar-refractivity contribution in [3.05, 3.63) is 29.8 Å². The zero-order valence-corrected chi connectivity index (χ0v) is 12.0. The first-order valence-corrected chi connectivity index (χ1v) is 6.86. The van der Waals surface area contributed by atoms with Gasteiger partial charge < -0.3 is 9.57 Å². The third-order valence-electron chi connectivity index (χ3n) is 2.62. The quantitative estimate of drug-likeness (QED) is 0.615. The van der Waals surface area contributed by atoms with Crippen molar-refractivity contribution in [2.75, 3.05) is 6.61 Å². The molecule has 20 heavy (non-hydrogen) atoms. The average molecular weight is 279 g/mol. The molecule has 5 nitrogen and oxygen atoms in total. The topological polar surface area (TPSA) is 64.6 Å². The third-order valence-corrected chi connectivity index (χ3v) is 2.62. The number of nitrogens with one attached hydrogen (secondary N) is 1. The minimum atomic E-state index is -0.460. The molecule has 1 amide bonds. The van der Waals surface area contributed by atoms with E-state index >= 15 is 0 Å². The summed E-state index contributed by atoms with van der Waals surface area (Å²) in [6.45, 7) is 4.46. The van der Waals surface area contributed by atoms with Gasteiger partial charge in [0.1, 0.15) is 5.75 Å². The summed E-state index contributed by atoms with van der Waals surface area (Å²) in [6.07, 6.45) is 2.50. The normalized spacial score (nSPS) is 9.90. The molecule has 0 aromatic heterocycles. The SMILES string of the molecule is CCCCOc1ccc(CC(=O)NOC(=O)CC)cc1. The van der Waals surface area contributed by atoms with Gasteiger partial charge in [-0.25, -0.2) is 4.79 Å². The Balaban J connectivity index is 2.36. The van der Waals surface area contributed by atoms with Crippen LogP contribution in [-0.4, -0.2) is 18.5 Å². The number of carbonyl (C=O) groups is 2. The van der Waals surface area contributed by atoms with Crippen LogP contribution in [0, 0.1) is 0 Å². The van der Waals surface area contributed by atoms with E-state index in [9.17, 15) is 9.59 Å². The van der Waals surface area contributed by atoms with Gasteiger partial charge in [-0.1, -0.05) is 32.4 Å². The highest BCUT2D eigenvalue weighted by atomic mass is 16.7. The molecule has 0 aliphatic rings. The first kappa shape index (κ1) is 16.0. The Hall–Kier alpha value is -2.04. The minimum absolute atomic E-state index is 0.159. The number of unbranched alkanes of at least 4 members (excludes halogenated alkanes) is 1. The van der Waals surface area contributed by atoms with Gasteiger partial charge in [-0.3, -0.25) is 4.79 Å². The van der Waals surface area contributed by atoms with Gasteiger partial charge in [0.05, 0.1) is 13.0 Å². The summed E-state index contributed by atoms with van der Waals surface area (Å²) in [6, 6.07) is 7.30. The van der Waals surface area contributed by atoms with E-state index in [1.165, 1.54) is 0 Å². The molecule has 0 saturated carbocycles. The summed E-state index contributed by atoms with van der Waals surface area (Å²) in [4.78, 5) is 26.9. The van der Waals surface area contributed by atoms with Gasteiger partial charge in [0, 0.05) is 6.42 Å². The lowest BCUT2D eigenvalue weighted by atomic mass is 10.1. The number of hydrogen-bond donors (Lipinski definition) is 1. The molecule has 5 heteroatoms. The van der Waals surface area contributed by atoms with Crippen LogP contribution in [-0.2, 0) is 20.8 Å². The molecule has 1 aromatic rings. The summed E-state index contributed by atoms with van der Waals surface area (Å²) >= 11 is 0.